The summed E-state index contributed by atoms with van der Waals surface area (Å²) in [4.78, 5) is 11.4. The van der Waals surface area contributed by atoms with Crippen LogP contribution in [0.1, 0.15) is 36.8 Å². The minimum Gasteiger partial charge on any atom is -0.377 e. The molecule has 23 heavy (non-hydrogen) atoms. The van der Waals surface area contributed by atoms with Gasteiger partial charge in [-0.2, -0.15) is 0 Å². The maximum Gasteiger partial charge on any atom is 0.128 e. The van der Waals surface area contributed by atoms with Crippen LogP contribution in [0.3, 0.4) is 0 Å². The molecule has 1 aromatic carbocycles. The average Bonchev–Trinajstić information content (AvgIpc) is 3.09. The van der Waals surface area contributed by atoms with Crippen molar-refractivity contribution in [3.05, 3.63) is 59.7 Å². The molecule has 0 saturated carbocycles. The molecular formula is C19H25N3O. The molecule has 3 rings (SSSR count). The molecule has 1 saturated heterocycles. The molecule has 1 aromatic heterocycles. The van der Waals surface area contributed by atoms with Gasteiger partial charge in [0.25, 0.3) is 0 Å². The number of ether oxygens (including phenoxy) is 1. The van der Waals surface area contributed by atoms with Crippen LogP contribution < -0.4 is 0 Å². The first kappa shape index (κ1) is 16.1. The number of hydrogen-bond donors (Lipinski definition) is 0. The van der Waals surface area contributed by atoms with E-state index in [2.05, 4.69) is 52.1 Å². The van der Waals surface area contributed by atoms with Gasteiger partial charge in [0.05, 0.1) is 11.8 Å². The van der Waals surface area contributed by atoms with E-state index < -0.39 is 0 Å². The zero-order valence-electron chi connectivity index (χ0n) is 13.8. The molecule has 122 valence electrons. The molecular weight excluding hydrogens is 286 g/mol. The van der Waals surface area contributed by atoms with Crippen LogP contribution in [0.2, 0.25) is 0 Å². The van der Waals surface area contributed by atoms with Gasteiger partial charge in [0.15, 0.2) is 0 Å². The third-order valence-electron chi connectivity index (χ3n) is 4.20. The Morgan fingerprint density at radius 2 is 2.04 bits per heavy atom. The van der Waals surface area contributed by atoms with E-state index in [0.717, 1.165) is 50.6 Å². The Balaban J connectivity index is 1.70. The van der Waals surface area contributed by atoms with Gasteiger partial charge in [0, 0.05) is 38.9 Å². The Hall–Kier alpha value is -1.78. The molecule has 2 heterocycles. The summed E-state index contributed by atoms with van der Waals surface area (Å²) >= 11 is 0. The van der Waals surface area contributed by atoms with Gasteiger partial charge in [-0.05, 0) is 24.5 Å². The zero-order chi connectivity index (χ0) is 15.9. The highest BCUT2D eigenvalue weighted by molar-refractivity contribution is 5.15. The van der Waals surface area contributed by atoms with Crippen LogP contribution in [0, 0.1) is 0 Å². The van der Waals surface area contributed by atoms with Crippen molar-refractivity contribution in [2.45, 2.75) is 45.4 Å². The summed E-state index contributed by atoms with van der Waals surface area (Å²) in [5.74, 6) is 0.916. The van der Waals surface area contributed by atoms with E-state index in [4.69, 9.17) is 4.74 Å². The standard InChI is InChI=1S/C19H25N3O/c1-2-19-20-11-10-17(21-19)14-22(15-18-9-6-12-23-18)13-16-7-4-3-5-8-16/h3-5,7-8,10-11,18H,2,6,9,12-15H2,1H3. The fourth-order valence-corrected chi connectivity index (χ4v) is 3.03. The highest BCUT2D eigenvalue weighted by Gasteiger charge is 2.20. The number of nitrogens with zero attached hydrogens (tertiary/aromatic N) is 3. The van der Waals surface area contributed by atoms with Crippen molar-refractivity contribution in [3.8, 4) is 0 Å². The Kier molecular flexibility index (Phi) is 5.72. The van der Waals surface area contributed by atoms with Gasteiger partial charge in [0.2, 0.25) is 0 Å². The number of hydrogen-bond acceptors (Lipinski definition) is 4. The van der Waals surface area contributed by atoms with E-state index >= 15 is 0 Å². The van der Waals surface area contributed by atoms with Gasteiger partial charge in [-0.25, -0.2) is 9.97 Å². The van der Waals surface area contributed by atoms with Crippen LogP contribution in [0.5, 0.6) is 0 Å². The second-order valence-corrected chi connectivity index (χ2v) is 6.11. The van der Waals surface area contributed by atoms with Gasteiger partial charge in [-0.1, -0.05) is 37.3 Å². The molecule has 0 amide bonds. The van der Waals surface area contributed by atoms with Crippen molar-refractivity contribution >= 4 is 0 Å². The van der Waals surface area contributed by atoms with Crippen LogP contribution >= 0.6 is 0 Å². The molecule has 1 aliphatic rings. The highest BCUT2D eigenvalue weighted by Crippen LogP contribution is 2.16. The molecule has 0 N–H and O–H groups in total. The van der Waals surface area contributed by atoms with E-state index in [1.807, 2.05) is 12.3 Å². The third-order valence-corrected chi connectivity index (χ3v) is 4.20. The quantitative estimate of drug-likeness (QED) is 0.787. The van der Waals surface area contributed by atoms with Crippen molar-refractivity contribution in [1.29, 1.82) is 0 Å². The summed E-state index contributed by atoms with van der Waals surface area (Å²) in [6, 6.07) is 12.6. The summed E-state index contributed by atoms with van der Waals surface area (Å²) in [5.41, 5.74) is 2.42. The summed E-state index contributed by atoms with van der Waals surface area (Å²) in [7, 11) is 0. The van der Waals surface area contributed by atoms with E-state index in [9.17, 15) is 0 Å². The van der Waals surface area contributed by atoms with Crippen LogP contribution in [0.25, 0.3) is 0 Å². The third kappa shape index (κ3) is 4.85. The van der Waals surface area contributed by atoms with E-state index in [1.54, 1.807) is 0 Å². The Labute approximate surface area is 138 Å². The number of aromatic nitrogens is 2. The molecule has 1 atom stereocenters. The molecule has 2 aromatic rings. The van der Waals surface area contributed by atoms with Crippen molar-refractivity contribution in [2.24, 2.45) is 0 Å². The predicted octanol–water partition coefficient (Wildman–Crippen LogP) is 3.22. The van der Waals surface area contributed by atoms with Crippen LogP contribution in [-0.2, 0) is 24.2 Å². The molecule has 0 aliphatic carbocycles. The SMILES string of the molecule is CCc1nccc(CN(Cc2ccccc2)CC2CCCO2)n1. The first-order valence-electron chi connectivity index (χ1n) is 8.52. The van der Waals surface area contributed by atoms with Crippen molar-refractivity contribution in [2.75, 3.05) is 13.2 Å². The molecule has 4 heteroatoms. The number of benzene rings is 1. The topological polar surface area (TPSA) is 38.2 Å². The van der Waals surface area contributed by atoms with Gasteiger partial charge < -0.3 is 4.74 Å². The van der Waals surface area contributed by atoms with E-state index in [0.29, 0.717) is 6.10 Å². The fourth-order valence-electron chi connectivity index (χ4n) is 3.03. The fraction of sp³-hybridized carbons (Fsp3) is 0.474. The van der Waals surface area contributed by atoms with Crippen molar-refractivity contribution in [1.82, 2.24) is 14.9 Å². The number of rotatable bonds is 7. The van der Waals surface area contributed by atoms with Crippen molar-refractivity contribution in [3.63, 3.8) is 0 Å². The van der Waals surface area contributed by atoms with Crippen molar-refractivity contribution < 1.29 is 4.74 Å². The largest absolute Gasteiger partial charge is 0.377 e. The number of aryl methyl sites for hydroxylation is 1. The maximum atomic E-state index is 5.83. The smallest absolute Gasteiger partial charge is 0.128 e. The lowest BCUT2D eigenvalue weighted by molar-refractivity contribution is 0.0674. The summed E-state index contributed by atoms with van der Waals surface area (Å²) in [5, 5.41) is 0. The first-order valence-corrected chi connectivity index (χ1v) is 8.52. The lowest BCUT2D eigenvalue weighted by Gasteiger charge is -2.25. The molecule has 1 aliphatic heterocycles. The van der Waals surface area contributed by atoms with E-state index in [-0.39, 0.29) is 0 Å². The molecule has 0 spiro atoms. The van der Waals surface area contributed by atoms with Gasteiger partial charge in [-0.15, -0.1) is 0 Å². The van der Waals surface area contributed by atoms with E-state index in [1.165, 1.54) is 12.0 Å². The van der Waals surface area contributed by atoms with Gasteiger partial charge >= 0.3 is 0 Å². The predicted molar refractivity (Wildman–Crippen MR) is 90.9 cm³/mol. The van der Waals surface area contributed by atoms with Crippen LogP contribution in [0.15, 0.2) is 42.6 Å². The lowest BCUT2D eigenvalue weighted by Crippen LogP contribution is -2.31. The normalized spacial score (nSPS) is 17.7. The van der Waals surface area contributed by atoms with Gasteiger partial charge in [-0.3, -0.25) is 4.90 Å². The Morgan fingerprint density at radius 1 is 1.17 bits per heavy atom. The molecule has 0 bridgehead atoms. The zero-order valence-corrected chi connectivity index (χ0v) is 13.8. The van der Waals surface area contributed by atoms with Crippen LogP contribution in [0.4, 0.5) is 0 Å². The highest BCUT2D eigenvalue weighted by atomic mass is 16.5. The first-order chi connectivity index (χ1) is 11.3. The minimum absolute atomic E-state index is 0.353. The maximum absolute atomic E-state index is 5.83. The summed E-state index contributed by atoms with van der Waals surface area (Å²) in [6.45, 7) is 5.71. The second kappa shape index (κ2) is 8.18. The lowest BCUT2D eigenvalue weighted by atomic mass is 10.1. The molecule has 1 unspecified atom stereocenters. The molecule has 4 nitrogen and oxygen atoms in total. The second-order valence-electron chi connectivity index (χ2n) is 6.11. The van der Waals surface area contributed by atoms with Gasteiger partial charge in [0.1, 0.15) is 5.82 Å². The molecule has 1 fully saturated rings. The monoisotopic (exact) mass is 311 g/mol. The van der Waals surface area contributed by atoms with Crippen LogP contribution in [-0.4, -0.2) is 34.1 Å². The Bertz CT molecular complexity index is 597. The Morgan fingerprint density at radius 3 is 2.78 bits per heavy atom. The summed E-state index contributed by atoms with van der Waals surface area (Å²) < 4.78 is 5.83. The average molecular weight is 311 g/mol. The minimum atomic E-state index is 0.353. The molecule has 0 radical (unpaired) electrons. The summed E-state index contributed by atoms with van der Waals surface area (Å²) in [6.07, 6.45) is 5.44.